The number of benzene rings is 2. The van der Waals surface area contributed by atoms with E-state index in [0.29, 0.717) is 0 Å². The number of piperazine rings is 1. The number of nitrogens with one attached hydrogen (secondary N) is 1. The lowest BCUT2D eigenvalue weighted by atomic mass is 10.1. The molecule has 0 atom stereocenters. The van der Waals surface area contributed by atoms with Crippen LogP contribution in [-0.4, -0.2) is 61.4 Å². The van der Waals surface area contributed by atoms with Gasteiger partial charge in [-0.1, -0.05) is 24.3 Å². The highest BCUT2D eigenvalue weighted by Crippen LogP contribution is 2.28. The molecule has 2 aliphatic heterocycles. The number of nitrogens with zero attached hydrogens (tertiary/aromatic N) is 4. The van der Waals surface area contributed by atoms with Crippen LogP contribution in [0.25, 0.3) is 22.5 Å². The Morgan fingerprint density at radius 1 is 0.690 bits per heavy atom. The zero-order valence-corrected chi connectivity index (χ0v) is 17.1. The van der Waals surface area contributed by atoms with Crippen LogP contribution in [0.1, 0.15) is 12.8 Å². The normalized spacial score (nSPS) is 17.8. The molecule has 2 aromatic carbocycles. The largest absolute Gasteiger partial charge is 0.372 e. The van der Waals surface area contributed by atoms with Gasteiger partial charge in [0.05, 0.1) is 11.4 Å². The van der Waals surface area contributed by atoms with Gasteiger partial charge < -0.3 is 14.7 Å². The summed E-state index contributed by atoms with van der Waals surface area (Å²) < 4.78 is 0. The van der Waals surface area contributed by atoms with Crippen molar-refractivity contribution in [2.75, 3.05) is 56.1 Å². The standard InChI is InChI=1S/C24H29N5/c1-27-14-16-29(17-15-27)22-10-6-20(7-11-22)24-18-23(25-26-24)19-4-8-21(9-5-19)28-12-2-3-13-28/h4-11,18H,2-3,12-17H2,1H3,(H,25,26). The van der Waals surface area contributed by atoms with Gasteiger partial charge in [-0.2, -0.15) is 5.10 Å². The third-order valence-electron chi connectivity index (χ3n) is 6.26. The molecule has 0 bridgehead atoms. The van der Waals surface area contributed by atoms with Gasteiger partial charge in [0.15, 0.2) is 0 Å². The zero-order chi connectivity index (χ0) is 19.6. The van der Waals surface area contributed by atoms with Gasteiger partial charge in [0.25, 0.3) is 0 Å². The molecule has 0 amide bonds. The Kier molecular flexibility index (Phi) is 4.98. The quantitative estimate of drug-likeness (QED) is 0.732. The maximum atomic E-state index is 4.56. The van der Waals surface area contributed by atoms with Gasteiger partial charge in [0.1, 0.15) is 0 Å². The maximum Gasteiger partial charge on any atom is 0.0927 e. The van der Waals surface area contributed by atoms with E-state index >= 15 is 0 Å². The van der Waals surface area contributed by atoms with Crippen molar-refractivity contribution in [2.45, 2.75) is 12.8 Å². The topological polar surface area (TPSA) is 38.4 Å². The highest BCUT2D eigenvalue weighted by Gasteiger charge is 2.15. The lowest BCUT2D eigenvalue weighted by Gasteiger charge is -2.34. The molecule has 1 N–H and O–H groups in total. The smallest absolute Gasteiger partial charge is 0.0927 e. The molecule has 1 aromatic heterocycles. The summed E-state index contributed by atoms with van der Waals surface area (Å²) in [4.78, 5) is 7.31. The van der Waals surface area contributed by atoms with Crippen LogP contribution in [0.3, 0.4) is 0 Å². The summed E-state index contributed by atoms with van der Waals surface area (Å²) >= 11 is 0. The number of aromatic amines is 1. The average Bonchev–Trinajstić information content (AvgIpc) is 3.47. The number of anilines is 2. The summed E-state index contributed by atoms with van der Waals surface area (Å²) in [5.74, 6) is 0. The van der Waals surface area contributed by atoms with Crippen LogP contribution in [0.15, 0.2) is 54.6 Å². The maximum absolute atomic E-state index is 4.56. The summed E-state index contributed by atoms with van der Waals surface area (Å²) in [5, 5.41) is 7.77. The van der Waals surface area contributed by atoms with Crippen LogP contribution in [0.5, 0.6) is 0 Å². The van der Waals surface area contributed by atoms with Crippen LogP contribution in [0.2, 0.25) is 0 Å². The molecule has 29 heavy (non-hydrogen) atoms. The van der Waals surface area contributed by atoms with E-state index in [1.807, 2.05) is 0 Å². The Labute approximate surface area is 172 Å². The van der Waals surface area contributed by atoms with Crippen LogP contribution in [0, 0.1) is 0 Å². The van der Waals surface area contributed by atoms with Crippen molar-refractivity contribution in [2.24, 2.45) is 0 Å². The van der Waals surface area contributed by atoms with Gasteiger partial charge >= 0.3 is 0 Å². The summed E-state index contributed by atoms with van der Waals surface area (Å²) in [6.07, 6.45) is 2.61. The molecule has 5 nitrogen and oxygen atoms in total. The van der Waals surface area contributed by atoms with Crippen molar-refractivity contribution < 1.29 is 0 Å². The van der Waals surface area contributed by atoms with Crippen molar-refractivity contribution in [1.29, 1.82) is 0 Å². The Hall–Kier alpha value is -2.79. The van der Waals surface area contributed by atoms with Gasteiger partial charge in [0.2, 0.25) is 0 Å². The fourth-order valence-electron chi connectivity index (χ4n) is 4.35. The molecule has 0 unspecified atom stereocenters. The summed E-state index contributed by atoms with van der Waals surface area (Å²) in [5.41, 5.74) is 7.02. The van der Waals surface area contributed by atoms with Crippen molar-refractivity contribution in [3.8, 4) is 22.5 Å². The molecule has 2 fully saturated rings. The second-order valence-corrected chi connectivity index (χ2v) is 8.25. The first-order valence-corrected chi connectivity index (χ1v) is 10.7. The summed E-state index contributed by atoms with van der Waals surface area (Å²) in [6.45, 7) is 6.80. The first kappa shape index (κ1) is 18.3. The zero-order valence-electron chi connectivity index (χ0n) is 17.1. The average molecular weight is 388 g/mol. The predicted molar refractivity (Wildman–Crippen MR) is 121 cm³/mol. The van der Waals surface area contributed by atoms with E-state index in [2.05, 4.69) is 86.5 Å². The Balaban J connectivity index is 1.29. The summed E-state index contributed by atoms with van der Waals surface area (Å²) in [6, 6.07) is 19.8. The molecule has 5 heteroatoms. The third kappa shape index (κ3) is 3.87. The highest BCUT2D eigenvalue weighted by atomic mass is 15.2. The van der Waals surface area contributed by atoms with Crippen molar-refractivity contribution in [1.82, 2.24) is 15.1 Å². The highest BCUT2D eigenvalue weighted by molar-refractivity contribution is 5.70. The molecule has 5 rings (SSSR count). The molecule has 2 aliphatic rings. The second-order valence-electron chi connectivity index (χ2n) is 8.25. The fraction of sp³-hybridized carbons (Fsp3) is 0.375. The Morgan fingerprint density at radius 3 is 1.86 bits per heavy atom. The number of hydrogen-bond donors (Lipinski definition) is 1. The van der Waals surface area contributed by atoms with E-state index in [9.17, 15) is 0 Å². The van der Waals surface area contributed by atoms with Crippen LogP contribution in [0.4, 0.5) is 11.4 Å². The third-order valence-corrected chi connectivity index (χ3v) is 6.26. The molecule has 3 aromatic rings. The van der Waals surface area contributed by atoms with E-state index in [1.54, 1.807) is 0 Å². The lowest BCUT2D eigenvalue weighted by Crippen LogP contribution is -2.44. The van der Waals surface area contributed by atoms with Gasteiger partial charge in [-0.3, -0.25) is 5.10 Å². The van der Waals surface area contributed by atoms with Crippen molar-refractivity contribution in [3.05, 3.63) is 54.6 Å². The molecule has 0 aliphatic carbocycles. The lowest BCUT2D eigenvalue weighted by molar-refractivity contribution is 0.313. The Bertz CT molecular complexity index is 930. The van der Waals surface area contributed by atoms with E-state index < -0.39 is 0 Å². The first-order valence-electron chi connectivity index (χ1n) is 10.7. The van der Waals surface area contributed by atoms with E-state index in [4.69, 9.17) is 0 Å². The number of likely N-dealkylation sites (N-methyl/N-ethyl adjacent to an activating group) is 1. The molecule has 0 saturated carbocycles. The van der Waals surface area contributed by atoms with E-state index in [0.717, 1.165) is 43.1 Å². The van der Waals surface area contributed by atoms with Gasteiger partial charge in [-0.15, -0.1) is 0 Å². The fourth-order valence-corrected chi connectivity index (χ4v) is 4.35. The minimum absolute atomic E-state index is 0.996. The number of rotatable bonds is 4. The molecular weight excluding hydrogens is 358 g/mol. The number of hydrogen-bond acceptors (Lipinski definition) is 4. The van der Waals surface area contributed by atoms with Gasteiger partial charge in [-0.05, 0) is 55.8 Å². The molecule has 0 spiro atoms. The molecule has 0 radical (unpaired) electrons. The van der Waals surface area contributed by atoms with E-state index in [1.165, 1.54) is 42.9 Å². The second kappa shape index (κ2) is 7.91. The molecule has 150 valence electrons. The van der Waals surface area contributed by atoms with Crippen LogP contribution < -0.4 is 9.80 Å². The molecule has 2 saturated heterocycles. The first-order chi connectivity index (χ1) is 14.3. The van der Waals surface area contributed by atoms with Gasteiger partial charge in [-0.25, -0.2) is 0 Å². The van der Waals surface area contributed by atoms with Crippen LogP contribution in [-0.2, 0) is 0 Å². The minimum Gasteiger partial charge on any atom is -0.372 e. The molecule has 3 heterocycles. The summed E-state index contributed by atoms with van der Waals surface area (Å²) in [7, 11) is 2.19. The van der Waals surface area contributed by atoms with E-state index in [-0.39, 0.29) is 0 Å². The van der Waals surface area contributed by atoms with Crippen LogP contribution >= 0.6 is 0 Å². The molecular formula is C24H29N5. The number of aromatic nitrogens is 2. The minimum atomic E-state index is 0.996. The predicted octanol–water partition coefficient (Wildman–Crippen LogP) is 4.10. The van der Waals surface area contributed by atoms with Gasteiger partial charge in [0, 0.05) is 56.2 Å². The monoisotopic (exact) mass is 387 g/mol. The van der Waals surface area contributed by atoms with Crippen molar-refractivity contribution >= 4 is 11.4 Å². The Morgan fingerprint density at radius 2 is 1.24 bits per heavy atom. The number of H-pyrrole nitrogens is 1. The SMILES string of the molecule is CN1CCN(c2ccc(-c3cc(-c4ccc(N5CCCC5)cc4)n[nH]3)cc2)CC1. The van der Waals surface area contributed by atoms with Crippen molar-refractivity contribution in [3.63, 3.8) is 0 Å².